The average Bonchev–Trinajstić information content (AvgIpc) is 3.01. The van der Waals surface area contributed by atoms with Crippen molar-refractivity contribution in [2.75, 3.05) is 5.32 Å². The molecular weight excluding hydrogens is 310 g/mol. The highest BCUT2D eigenvalue weighted by Crippen LogP contribution is 2.30. The number of carboxylic acid groups (broad SMARTS) is 1. The van der Waals surface area contributed by atoms with Gasteiger partial charge in [0, 0.05) is 24.2 Å². The molecule has 1 amide bonds. The van der Waals surface area contributed by atoms with E-state index in [1.54, 1.807) is 11.7 Å². The summed E-state index contributed by atoms with van der Waals surface area (Å²) in [5.74, 6) is -0.666. The molecule has 0 spiro atoms. The zero-order valence-electron chi connectivity index (χ0n) is 13.3. The largest absolute Gasteiger partial charge is 0.481 e. The van der Waals surface area contributed by atoms with Crippen molar-refractivity contribution in [2.45, 2.75) is 25.7 Å². The van der Waals surface area contributed by atoms with E-state index in [0.717, 1.165) is 5.56 Å². The number of benzene rings is 1. The summed E-state index contributed by atoms with van der Waals surface area (Å²) in [6.07, 6.45) is 2.32. The topological polar surface area (TPSA) is 110 Å². The Morgan fingerprint density at radius 3 is 2.54 bits per heavy atom. The summed E-state index contributed by atoms with van der Waals surface area (Å²) >= 11 is 0. The van der Waals surface area contributed by atoms with Crippen LogP contribution in [0.5, 0.6) is 0 Å². The Hall–Kier alpha value is -2.77. The zero-order chi connectivity index (χ0) is 17.1. The molecule has 1 fully saturated rings. The number of aryl methyl sites for hydroxylation is 1. The number of nitrogens with zero attached hydrogens (tertiary/aromatic N) is 4. The molecule has 0 atom stereocenters. The number of anilines is 1. The van der Waals surface area contributed by atoms with Gasteiger partial charge >= 0.3 is 5.97 Å². The van der Waals surface area contributed by atoms with Crippen molar-refractivity contribution in [1.29, 1.82) is 0 Å². The van der Waals surface area contributed by atoms with Crippen molar-refractivity contribution in [3.8, 4) is 11.4 Å². The molecule has 0 bridgehead atoms. The molecule has 1 aromatic carbocycles. The number of aliphatic carboxylic acids is 1. The molecule has 8 heteroatoms. The molecule has 1 aliphatic carbocycles. The van der Waals surface area contributed by atoms with Gasteiger partial charge in [-0.2, -0.15) is 0 Å². The maximum Gasteiger partial charge on any atom is 0.306 e. The van der Waals surface area contributed by atoms with Crippen molar-refractivity contribution < 1.29 is 14.7 Å². The summed E-state index contributed by atoms with van der Waals surface area (Å²) in [6.45, 7) is 0. The lowest BCUT2D eigenvalue weighted by Gasteiger charge is -2.25. The fourth-order valence-electron chi connectivity index (χ4n) is 3.06. The molecular formula is C16H19N5O3. The second kappa shape index (κ2) is 6.77. The Morgan fingerprint density at radius 2 is 1.92 bits per heavy atom. The minimum atomic E-state index is -0.765. The number of tetrazole rings is 1. The number of aromatic nitrogens is 4. The van der Waals surface area contributed by atoms with Crippen molar-refractivity contribution in [2.24, 2.45) is 18.9 Å². The molecule has 8 nitrogen and oxygen atoms in total. The summed E-state index contributed by atoms with van der Waals surface area (Å²) in [5.41, 5.74) is 1.50. The van der Waals surface area contributed by atoms with Crippen LogP contribution < -0.4 is 5.32 Å². The molecule has 1 aliphatic rings. The number of hydrogen-bond acceptors (Lipinski definition) is 5. The Bertz CT molecular complexity index is 750. The van der Waals surface area contributed by atoms with Gasteiger partial charge in [0.15, 0.2) is 5.82 Å². The van der Waals surface area contributed by atoms with Gasteiger partial charge in [0.05, 0.1) is 5.92 Å². The molecule has 2 aromatic rings. The quantitative estimate of drug-likeness (QED) is 0.883. The average molecular weight is 329 g/mol. The Morgan fingerprint density at radius 1 is 1.21 bits per heavy atom. The first kappa shape index (κ1) is 16.1. The number of amides is 1. The fourth-order valence-corrected chi connectivity index (χ4v) is 3.06. The second-order valence-corrected chi connectivity index (χ2v) is 6.08. The molecule has 2 N–H and O–H groups in total. The predicted molar refractivity (Wildman–Crippen MR) is 85.9 cm³/mol. The first-order valence-electron chi connectivity index (χ1n) is 7.91. The molecule has 0 saturated heterocycles. The Labute approximate surface area is 138 Å². The van der Waals surface area contributed by atoms with Gasteiger partial charge in [-0.05, 0) is 48.2 Å². The Balaban J connectivity index is 1.65. The normalized spacial score (nSPS) is 20.5. The molecule has 126 valence electrons. The summed E-state index contributed by atoms with van der Waals surface area (Å²) in [6, 6.07) is 7.35. The first-order chi connectivity index (χ1) is 11.5. The monoisotopic (exact) mass is 329 g/mol. The first-order valence-corrected chi connectivity index (χ1v) is 7.91. The molecule has 0 unspecified atom stereocenters. The number of carbonyl (C=O) groups excluding carboxylic acids is 1. The van der Waals surface area contributed by atoms with Gasteiger partial charge in [-0.25, -0.2) is 4.68 Å². The van der Waals surface area contributed by atoms with E-state index >= 15 is 0 Å². The van der Waals surface area contributed by atoms with Crippen LogP contribution in [0.3, 0.4) is 0 Å². The summed E-state index contributed by atoms with van der Waals surface area (Å²) in [4.78, 5) is 23.4. The van der Waals surface area contributed by atoms with Gasteiger partial charge < -0.3 is 10.4 Å². The zero-order valence-corrected chi connectivity index (χ0v) is 13.3. The van der Waals surface area contributed by atoms with Crippen molar-refractivity contribution >= 4 is 17.6 Å². The summed E-state index contributed by atoms with van der Waals surface area (Å²) in [7, 11) is 1.75. The minimum absolute atomic E-state index is 0.0629. The highest BCUT2D eigenvalue weighted by Gasteiger charge is 2.29. The van der Waals surface area contributed by atoms with E-state index in [4.69, 9.17) is 5.11 Å². The smallest absolute Gasteiger partial charge is 0.306 e. The van der Waals surface area contributed by atoms with Crippen molar-refractivity contribution in [3.63, 3.8) is 0 Å². The molecule has 1 aromatic heterocycles. The third-order valence-electron chi connectivity index (χ3n) is 4.46. The Kier molecular flexibility index (Phi) is 4.54. The number of nitrogens with one attached hydrogen (secondary N) is 1. The van der Waals surface area contributed by atoms with Gasteiger partial charge in [0.2, 0.25) is 5.91 Å². The highest BCUT2D eigenvalue weighted by atomic mass is 16.4. The lowest BCUT2D eigenvalue weighted by Crippen LogP contribution is -2.29. The van der Waals surface area contributed by atoms with Gasteiger partial charge in [-0.3, -0.25) is 9.59 Å². The molecule has 1 heterocycles. The van der Waals surface area contributed by atoms with Crippen LogP contribution in [0.25, 0.3) is 11.4 Å². The van der Waals surface area contributed by atoms with Crippen LogP contribution in [0, 0.1) is 11.8 Å². The predicted octanol–water partition coefficient (Wildman–Crippen LogP) is 1.71. The second-order valence-electron chi connectivity index (χ2n) is 6.08. The van der Waals surface area contributed by atoms with Gasteiger partial charge in [-0.15, -0.1) is 5.10 Å². The van der Waals surface area contributed by atoms with Gasteiger partial charge in [0.1, 0.15) is 0 Å². The minimum Gasteiger partial charge on any atom is -0.481 e. The van der Waals surface area contributed by atoms with Crippen molar-refractivity contribution in [3.05, 3.63) is 24.3 Å². The van der Waals surface area contributed by atoms with Crippen LogP contribution in [-0.2, 0) is 16.6 Å². The maximum atomic E-state index is 12.4. The van der Waals surface area contributed by atoms with E-state index < -0.39 is 5.97 Å². The fraction of sp³-hybridized carbons (Fsp3) is 0.438. The summed E-state index contributed by atoms with van der Waals surface area (Å²) < 4.78 is 1.56. The molecule has 0 aliphatic heterocycles. The number of hydrogen-bond donors (Lipinski definition) is 2. The molecule has 3 rings (SSSR count). The van der Waals surface area contributed by atoms with Crippen LogP contribution in [0.2, 0.25) is 0 Å². The highest BCUT2D eigenvalue weighted by molar-refractivity contribution is 5.93. The van der Waals surface area contributed by atoms with E-state index in [9.17, 15) is 9.59 Å². The lowest BCUT2D eigenvalue weighted by molar-refractivity contribution is -0.143. The van der Waals surface area contributed by atoms with Crippen LogP contribution in [-0.4, -0.2) is 37.2 Å². The summed E-state index contributed by atoms with van der Waals surface area (Å²) in [5, 5.41) is 23.3. The van der Waals surface area contributed by atoms with Crippen LogP contribution >= 0.6 is 0 Å². The standard InChI is InChI=1S/C16H19N5O3/c1-21-14(18-19-20-21)12-3-2-4-13(9-12)17-15(22)10-5-7-11(8-6-10)16(23)24/h2-4,9-11H,5-8H2,1H3,(H,17,22)(H,23,24). The third-order valence-corrected chi connectivity index (χ3v) is 4.46. The molecule has 1 saturated carbocycles. The van der Waals surface area contributed by atoms with Crippen LogP contribution in [0.1, 0.15) is 25.7 Å². The van der Waals surface area contributed by atoms with E-state index in [1.807, 2.05) is 24.3 Å². The molecule has 24 heavy (non-hydrogen) atoms. The van der Waals surface area contributed by atoms with Crippen LogP contribution in [0.15, 0.2) is 24.3 Å². The number of rotatable bonds is 4. The number of carbonyl (C=O) groups is 2. The number of carboxylic acids is 1. The van der Waals surface area contributed by atoms with E-state index in [1.165, 1.54) is 0 Å². The SMILES string of the molecule is Cn1nnnc1-c1cccc(NC(=O)C2CCC(C(=O)O)CC2)c1. The van der Waals surface area contributed by atoms with E-state index in [-0.39, 0.29) is 17.7 Å². The third kappa shape index (κ3) is 3.42. The van der Waals surface area contributed by atoms with E-state index in [2.05, 4.69) is 20.8 Å². The van der Waals surface area contributed by atoms with Gasteiger partial charge in [0.25, 0.3) is 0 Å². The van der Waals surface area contributed by atoms with E-state index in [0.29, 0.717) is 37.2 Å². The van der Waals surface area contributed by atoms with Crippen LogP contribution in [0.4, 0.5) is 5.69 Å². The van der Waals surface area contributed by atoms with Crippen molar-refractivity contribution in [1.82, 2.24) is 20.2 Å². The molecule has 0 radical (unpaired) electrons. The lowest BCUT2D eigenvalue weighted by atomic mass is 9.81. The maximum absolute atomic E-state index is 12.4. The van der Waals surface area contributed by atoms with Gasteiger partial charge in [-0.1, -0.05) is 12.1 Å².